The van der Waals surface area contributed by atoms with Crippen molar-refractivity contribution < 1.29 is 39.2 Å². The zero-order chi connectivity index (χ0) is 19.4. The van der Waals surface area contributed by atoms with Crippen LogP contribution in [-0.2, 0) is 29.0 Å². The summed E-state index contributed by atoms with van der Waals surface area (Å²) in [4.78, 5) is 48.9. The summed E-state index contributed by atoms with van der Waals surface area (Å²) in [6.45, 7) is 7.37. The Bertz CT molecular complexity index is 318. The van der Waals surface area contributed by atoms with Crippen molar-refractivity contribution in [2.75, 3.05) is 0 Å². The molecule has 0 aromatic carbocycles. The van der Waals surface area contributed by atoms with E-state index in [4.69, 9.17) is 10.2 Å². The molecule has 8 nitrogen and oxygen atoms in total. The minimum Gasteiger partial charge on any atom is -0.481 e. The molecule has 0 aliphatic rings. The number of hydrogen-bond acceptors (Lipinski definition) is 6. The van der Waals surface area contributed by atoms with Gasteiger partial charge < -0.3 is 10.2 Å². The van der Waals surface area contributed by atoms with Crippen molar-refractivity contribution >= 4 is 23.9 Å². The lowest BCUT2D eigenvalue weighted by atomic mass is 10.3. The molecule has 24 heavy (non-hydrogen) atoms. The molecule has 0 aromatic rings. The summed E-state index contributed by atoms with van der Waals surface area (Å²) < 4.78 is 0. The molecule has 2 N–H and O–H groups in total. The molecule has 0 rings (SSSR count). The summed E-state index contributed by atoms with van der Waals surface area (Å²) in [6, 6.07) is 0. The van der Waals surface area contributed by atoms with E-state index in [1.807, 2.05) is 27.7 Å². The summed E-state index contributed by atoms with van der Waals surface area (Å²) in [5.41, 5.74) is 0. The van der Waals surface area contributed by atoms with E-state index in [1.54, 1.807) is 0 Å². The van der Waals surface area contributed by atoms with Crippen LogP contribution in [0.2, 0.25) is 0 Å². The maximum Gasteiger partial charge on any atom is 0.355 e. The molecule has 0 unspecified atom stereocenters. The fraction of sp³-hybridized carbons (Fsp3) is 0.750. The summed E-state index contributed by atoms with van der Waals surface area (Å²) >= 11 is 0. The van der Waals surface area contributed by atoms with E-state index in [2.05, 4.69) is 9.78 Å². The normalized spacial score (nSPS) is 8.67. The predicted molar refractivity (Wildman–Crippen MR) is 87.1 cm³/mol. The van der Waals surface area contributed by atoms with Crippen LogP contribution < -0.4 is 0 Å². The molecule has 0 aliphatic heterocycles. The first-order chi connectivity index (χ1) is 11.2. The van der Waals surface area contributed by atoms with Crippen molar-refractivity contribution in [1.29, 1.82) is 0 Å². The highest BCUT2D eigenvalue weighted by Crippen LogP contribution is 1.95. The number of carboxylic acid groups (broad SMARTS) is 2. The minimum atomic E-state index is -0.711. The Balaban J connectivity index is -0.000000309. The van der Waals surface area contributed by atoms with Gasteiger partial charge in [-0.2, -0.15) is 0 Å². The van der Waals surface area contributed by atoms with Crippen LogP contribution >= 0.6 is 0 Å². The molecule has 0 saturated heterocycles. The van der Waals surface area contributed by atoms with Crippen LogP contribution in [0.3, 0.4) is 0 Å². The molecule has 0 atom stereocenters. The highest BCUT2D eigenvalue weighted by Gasteiger charge is 2.06. The van der Waals surface area contributed by atoms with Crippen LogP contribution in [0.1, 0.15) is 79.1 Å². The average molecular weight is 350 g/mol. The van der Waals surface area contributed by atoms with Gasteiger partial charge in [0, 0.05) is 25.7 Å². The lowest BCUT2D eigenvalue weighted by Crippen LogP contribution is -2.10. The van der Waals surface area contributed by atoms with E-state index in [0.29, 0.717) is 25.7 Å². The van der Waals surface area contributed by atoms with Crippen LogP contribution in [0.4, 0.5) is 0 Å². The van der Waals surface area contributed by atoms with Crippen molar-refractivity contribution in [3.05, 3.63) is 0 Å². The topological polar surface area (TPSA) is 127 Å². The molecule has 0 heterocycles. The molecule has 0 aromatic heterocycles. The van der Waals surface area contributed by atoms with Gasteiger partial charge in [0.2, 0.25) is 0 Å². The van der Waals surface area contributed by atoms with E-state index in [1.165, 1.54) is 0 Å². The number of aliphatic carboxylic acids is 2. The summed E-state index contributed by atoms with van der Waals surface area (Å²) in [6.07, 6.45) is 3.97. The third-order valence-corrected chi connectivity index (χ3v) is 2.06. The van der Waals surface area contributed by atoms with Crippen LogP contribution in [0.5, 0.6) is 0 Å². The van der Waals surface area contributed by atoms with Gasteiger partial charge in [0.05, 0.1) is 0 Å². The molecule has 0 saturated carbocycles. The number of carbonyl (C=O) groups excluding carboxylic acids is 2. The molecular formula is C16H30O8. The fourth-order valence-electron chi connectivity index (χ4n) is 1.01. The van der Waals surface area contributed by atoms with Gasteiger partial charge in [0.15, 0.2) is 0 Å². The molecule has 0 bridgehead atoms. The molecule has 0 radical (unpaired) electrons. The van der Waals surface area contributed by atoms with Crippen LogP contribution in [-0.4, -0.2) is 34.1 Å². The van der Waals surface area contributed by atoms with Gasteiger partial charge in [-0.25, -0.2) is 19.4 Å². The second-order valence-electron chi connectivity index (χ2n) is 4.70. The second kappa shape index (κ2) is 20.9. The molecule has 142 valence electrons. The van der Waals surface area contributed by atoms with Gasteiger partial charge in [-0.05, 0) is 25.7 Å². The lowest BCUT2D eigenvalue weighted by molar-refractivity contribution is -0.259. The van der Waals surface area contributed by atoms with Gasteiger partial charge in [0.1, 0.15) is 0 Å². The van der Waals surface area contributed by atoms with E-state index in [-0.39, 0.29) is 12.8 Å². The Kier molecular flexibility index (Phi) is 23.3. The maximum atomic E-state index is 10.7. The van der Waals surface area contributed by atoms with Crippen molar-refractivity contribution in [2.45, 2.75) is 79.1 Å². The molecule has 0 amide bonds. The van der Waals surface area contributed by atoms with E-state index in [0.717, 1.165) is 12.8 Å². The predicted octanol–water partition coefficient (Wildman–Crippen LogP) is 3.33. The summed E-state index contributed by atoms with van der Waals surface area (Å²) in [5.74, 6) is -2.42. The Morgan fingerprint density at radius 3 is 0.958 bits per heavy atom. The second-order valence-corrected chi connectivity index (χ2v) is 4.70. The van der Waals surface area contributed by atoms with Crippen molar-refractivity contribution in [2.24, 2.45) is 0 Å². The summed E-state index contributed by atoms with van der Waals surface area (Å²) in [7, 11) is 0. The Morgan fingerprint density at radius 1 is 0.583 bits per heavy atom. The Labute approximate surface area is 143 Å². The van der Waals surface area contributed by atoms with Crippen molar-refractivity contribution in [3.63, 3.8) is 0 Å². The number of carbonyl (C=O) groups is 4. The number of hydrogen-bond donors (Lipinski definition) is 2. The Morgan fingerprint density at radius 2 is 0.833 bits per heavy atom. The zero-order valence-corrected chi connectivity index (χ0v) is 15.0. The number of carboxylic acids is 2. The molecule has 0 fully saturated rings. The smallest absolute Gasteiger partial charge is 0.355 e. The van der Waals surface area contributed by atoms with Gasteiger partial charge >= 0.3 is 23.9 Å². The van der Waals surface area contributed by atoms with E-state index < -0.39 is 23.9 Å². The quantitative estimate of drug-likeness (QED) is 0.504. The molecular weight excluding hydrogens is 320 g/mol. The molecule has 8 heteroatoms. The zero-order valence-electron chi connectivity index (χ0n) is 15.0. The van der Waals surface area contributed by atoms with Gasteiger partial charge in [-0.15, -0.1) is 0 Å². The molecule has 0 aliphatic carbocycles. The Hall–Kier alpha value is -2.12. The van der Waals surface area contributed by atoms with Gasteiger partial charge in [0.25, 0.3) is 0 Å². The fourth-order valence-corrected chi connectivity index (χ4v) is 1.01. The maximum absolute atomic E-state index is 10.7. The standard InChI is InChI=1S/C8H14O4.2C4H8O2/c1-3-5-7(9)11-12-8(10)6-4-2;2*1-2-3-4(5)6/h3-6H2,1-2H3;2*2-3H2,1H3,(H,5,6). The SMILES string of the molecule is CCCC(=O)O.CCCC(=O)O.CCCC(=O)OOC(=O)CCC. The van der Waals surface area contributed by atoms with Crippen LogP contribution in [0.25, 0.3) is 0 Å². The molecule has 0 spiro atoms. The van der Waals surface area contributed by atoms with Crippen LogP contribution in [0, 0.1) is 0 Å². The third kappa shape index (κ3) is 32.0. The average Bonchev–Trinajstić information content (AvgIpc) is 2.47. The monoisotopic (exact) mass is 350 g/mol. The van der Waals surface area contributed by atoms with Crippen molar-refractivity contribution in [3.8, 4) is 0 Å². The largest absolute Gasteiger partial charge is 0.481 e. The lowest BCUT2D eigenvalue weighted by Gasteiger charge is -2.00. The first-order valence-corrected chi connectivity index (χ1v) is 8.08. The van der Waals surface area contributed by atoms with Crippen LogP contribution in [0.15, 0.2) is 0 Å². The van der Waals surface area contributed by atoms with E-state index >= 15 is 0 Å². The highest BCUT2D eigenvalue weighted by molar-refractivity contribution is 5.72. The first-order valence-electron chi connectivity index (χ1n) is 8.08. The first kappa shape index (κ1) is 26.8. The van der Waals surface area contributed by atoms with E-state index in [9.17, 15) is 19.2 Å². The number of rotatable bonds is 8. The highest BCUT2D eigenvalue weighted by atomic mass is 17.2. The minimum absolute atomic E-state index is 0.277. The summed E-state index contributed by atoms with van der Waals surface area (Å²) in [5, 5.41) is 15.8. The third-order valence-electron chi connectivity index (χ3n) is 2.06. The van der Waals surface area contributed by atoms with Gasteiger partial charge in [-0.1, -0.05) is 27.7 Å². The van der Waals surface area contributed by atoms with Gasteiger partial charge in [-0.3, -0.25) is 9.59 Å². The van der Waals surface area contributed by atoms with Crippen molar-refractivity contribution in [1.82, 2.24) is 0 Å².